The van der Waals surface area contributed by atoms with Crippen molar-refractivity contribution >= 4 is 33.2 Å². The van der Waals surface area contributed by atoms with Crippen molar-refractivity contribution in [3.05, 3.63) is 28.8 Å². The normalized spacial score (nSPS) is 10.0. The Hall–Kier alpha value is -0.210. The smallest absolute Gasteiger partial charge is 0.0426 e. The van der Waals surface area contributed by atoms with Gasteiger partial charge in [-0.3, -0.25) is 0 Å². The monoisotopic (exact) mass is 247 g/mol. The van der Waals surface area contributed by atoms with Crippen LogP contribution in [-0.4, -0.2) is 14.1 Å². The van der Waals surface area contributed by atoms with E-state index in [-0.39, 0.29) is 0 Å². The minimum Gasteiger partial charge on any atom is -0.377 e. The molecule has 0 unspecified atom stereocenters. The molecule has 0 spiro atoms. The SMILES string of the molecule is CN(C)c1cc(Cl)ccc1CBr. The minimum atomic E-state index is 0.781. The molecular formula is C9H11BrClN. The summed E-state index contributed by atoms with van der Waals surface area (Å²) >= 11 is 9.31. The number of alkyl halides is 1. The first-order valence-corrected chi connectivity index (χ1v) is 5.17. The highest BCUT2D eigenvalue weighted by molar-refractivity contribution is 9.08. The average Bonchev–Trinajstić information content (AvgIpc) is 2.04. The maximum Gasteiger partial charge on any atom is 0.0426 e. The first-order chi connectivity index (χ1) is 5.65. The molecule has 0 aliphatic heterocycles. The third kappa shape index (κ3) is 2.14. The number of hydrogen-bond donors (Lipinski definition) is 0. The van der Waals surface area contributed by atoms with E-state index in [1.807, 2.05) is 32.3 Å². The van der Waals surface area contributed by atoms with Crippen LogP contribution in [0.5, 0.6) is 0 Å². The van der Waals surface area contributed by atoms with E-state index in [2.05, 4.69) is 20.8 Å². The fourth-order valence-corrected chi connectivity index (χ4v) is 1.71. The molecule has 0 aliphatic rings. The Bertz CT molecular complexity index is 273. The van der Waals surface area contributed by atoms with Gasteiger partial charge in [-0.25, -0.2) is 0 Å². The van der Waals surface area contributed by atoms with Crippen LogP contribution >= 0.6 is 27.5 Å². The largest absolute Gasteiger partial charge is 0.377 e. The van der Waals surface area contributed by atoms with Crippen molar-refractivity contribution in [2.45, 2.75) is 5.33 Å². The summed E-state index contributed by atoms with van der Waals surface area (Å²) in [6, 6.07) is 5.91. The summed E-state index contributed by atoms with van der Waals surface area (Å²) in [7, 11) is 4.02. The molecule has 1 aromatic rings. The van der Waals surface area contributed by atoms with Crippen molar-refractivity contribution in [3.8, 4) is 0 Å². The molecule has 1 aromatic carbocycles. The van der Waals surface area contributed by atoms with E-state index in [1.54, 1.807) is 0 Å². The Kier molecular flexibility index (Phi) is 3.41. The van der Waals surface area contributed by atoms with Gasteiger partial charge in [-0.2, -0.15) is 0 Å². The summed E-state index contributed by atoms with van der Waals surface area (Å²) in [6.45, 7) is 0. The lowest BCUT2D eigenvalue weighted by atomic mass is 10.2. The van der Waals surface area contributed by atoms with Gasteiger partial charge >= 0.3 is 0 Å². The Morgan fingerprint density at radius 2 is 2.08 bits per heavy atom. The lowest BCUT2D eigenvalue weighted by Gasteiger charge is -2.16. The van der Waals surface area contributed by atoms with Crippen LogP contribution in [0.25, 0.3) is 0 Å². The lowest BCUT2D eigenvalue weighted by molar-refractivity contribution is 1.11. The van der Waals surface area contributed by atoms with Crippen molar-refractivity contribution < 1.29 is 0 Å². The van der Waals surface area contributed by atoms with E-state index < -0.39 is 0 Å². The van der Waals surface area contributed by atoms with Crippen LogP contribution in [0.2, 0.25) is 5.02 Å². The summed E-state index contributed by atoms with van der Waals surface area (Å²) in [5.41, 5.74) is 2.42. The predicted octanol–water partition coefficient (Wildman–Crippen LogP) is 3.30. The second-order valence-electron chi connectivity index (χ2n) is 2.80. The maximum absolute atomic E-state index is 5.88. The third-order valence-electron chi connectivity index (χ3n) is 1.67. The number of nitrogens with zero attached hydrogens (tertiary/aromatic N) is 1. The number of rotatable bonds is 2. The highest BCUT2D eigenvalue weighted by atomic mass is 79.9. The standard InChI is InChI=1S/C9H11BrClN/c1-12(2)9-5-8(11)4-3-7(9)6-10/h3-5H,6H2,1-2H3. The van der Waals surface area contributed by atoms with Crippen LogP contribution in [0, 0.1) is 0 Å². The molecule has 66 valence electrons. The summed E-state index contributed by atoms with van der Waals surface area (Å²) in [5, 5.41) is 1.64. The fourth-order valence-electron chi connectivity index (χ4n) is 1.07. The van der Waals surface area contributed by atoms with Gasteiger partial charge in [0.2, 0.25) is 0 Å². The van der Waals surface area contributed by atoms with Gasteiger partial charge in [0.25, 0.3) is 0 Å². The quantitative estimate of drug-likeness (QED) is 0.726. The molecule has 0 saturated heterocycles. The molecule has 0 saturated carbocycles. The molecule has 12 heavy (non-hydrogen) atoms. The van der Waals surface area contributed by atoms with Crippen LogP contribution in [-0.2, 0) is 5.33 Å². The van der Waals surface area contributed by atoms with E-state index in [0.717, 1.165) is 10.4 Å². The first kappa shape index (κ1) is 9.87. The van der Waals surface area contributed by atoms with E-state index in [1.165, 1.54) is 11.3 Å². The summed E-state index contributed by atoms with van der Waals surface area (Å²) in [4.78, 5) is 2.06. The van der Waals surface area contributed by atoms with Crippen molar-refractivity contribution in [1.82, 2.24) is 0 Å². The zero-order valence-corrected chi connectivity index (χ0v) is 9.48. The molecular weight excluding hydrogens is 237 g/mol. The van der Waals surface area contributed by atoms with Gasteiger partial charge in [0.05, 0.1) is 0 Å². The molecule has 3 heteroatoms. The minimum absolute atomic E-state index is 0.781. The highest BCUT2D eigenvalue weighted by Gasteiger charge is 2.03. The van der Waals surface area contributed by atoms with E-state index in [4.69, 9.17) is 11.6 Å². The van der Waals surface area contributed by atoms with E-state index >= 15 is 0 Å². The van der Waals surface area contributed by atoms with Crippen molar-refractivity contribution in [2.24, 2.45) is 0 Å². The number of hydrogen-bond acceptors (Lipinski definition) is 1. The zero-order chi connectivity index (χ0) is 9.14. The molecule has 0 bridgehead atoms. The lowest BCUT2D eigenvalue weighted by Crippen LogP contribution is -2.10. The topological polar surface area (TPSA) is 3.24 Å². The fraction of sp³-hybridized carbons (Fsp3) is 0.333. The van der Waals surface area contributed by atoms with E-state index in [0.29, 0.717) is 0 Å². The number of anilines is 1. The highest BCUT2D eigenvalue weighted by Crippen LogP contribution is 2.24. The third-order valence-corrected chi connectivity index (χ3v) is 2.51. The molecule has 0 fully saturated rings. The average molecular weight is 249 g/mol. The van der Waals surface area contributed by atoms with Gasteiger partial charge in [-0.05, 0) is 17.7 Å². The van der Waals surface area contributed by atoms with Crippen molar-refractivity contribution in [1.29, 1.82) is 0 Å². The second-order valence-corrected chi connectivity index (χ2v) is 3.80. The van der Waals surface area contributed by atoms with Crippen LogP contribution in [0.15, 0.2) is 18.2 Å². The van der Waals surface area contributed by atoms with Crippen LogP contribution < -0.4 is 4.90 Å². The molecule has 0 amide bonds. The van der Waals surface area contributed by atoms with Crippen LogP contribution in [0.1, 0.15) is 5.56 Å². The predicted molar refractivity (Wildman–Crippen MR) is 58.4 cm³/mol. The molecule has 0 radical (unpaired) electrons. The molecule has 0 aliphatic carbocycles. The number of benzene rings is 1. The van der Waals surface area contributed by atoms with Gasteiger partial charge in [-0.15, -0.1) is 0 Å². The molecule has 1 rings (SSSR count). The van der Waals surface area contributed by atoms with E-state index in [9.17, 15) is 0 Å². The maximum atomic E-state index is 5.88. The Morgan fingerprint density at radius 3 is 2.58 bits per heavy atom. The van der Waals surface area contributed by atoms with Crippen molar-refractivity contribution in [2.75, 3.05) is 19.0 Å². The molecule has 0 N–H and O–H groups in total. The van der Waals surface area contributed by atoms with Gasteiger partial charge < -0.3 is 4.90 Å². The Morgan fingerprint density at radius 1 is 1.42 bits per heavy atom. The molecule has 0 aromatic heterocycles. The van der Waals surface area contributed by atoms with Gasteiger partial charge in [-0.1, -0.05) is 33.6 Å². The molecule has 0 atom stereocenters. The molecule has 0 heterocycles. The second kappa shape index (κ2) is 4.15. The van der Waals surface area contributed by atoms with Crippen LogP contribution in [0.4, 0.5) is 5.69 Å². The van der Waals surface area contributed by atoms with Crippen LogP contribution in [0.3, 0.4) is 0 Å². The molecule has 1 nitrogen and oxygen atoms in total. The van der Waals surface area contributed by atoms with Gasteiger partial charge in [0.1, 0.15) is 0 Å². The summed E-state index contributed by atoms with van der Waals surface area (Å²) in [6.07, 6.45) is 0. The first-order valence-electron chi connectivity index (χ1n) is 3.67. The van der Waals surface area contributed by atoms with Gasteiger partial charge in [0, 0.05) is 30.1 Å². The zero-order valence-electron chi connectivity index (χ0n) is 7.14. The summed E-state index contributed by atoms with van der Waals surface area (Å²) < 4.78 is 0. The Labute approximate surface area is 86.5 Å². The summed E-state index contributed by atoms with van der Waals surface area (Å²) in [5.74, 6) is 0. The van der Waals surface area contributed by atoms with Gasteiger partial charge in [0.15, 0.2) is 0 Å². The Balaban J connectivity index is 3.12. The number of halogens is 2. The van der Waals surface area contributed by atoms with Crippen molar-refractivity contribution in [3.63, 3.8) is 0 Å².